The molecule has 108 valence electrons. The first-order valence-electron chi connectivity index (χ1n) is 5.77. The van der Waals surface area contributed by atoms with E-state index in [1.54, 1.807) is 0 Å². The first-order valence-corrected chi connectivity index (χ1v) is 5.77. The molecule has 1 amide bonds. The van der Waals surface area contributed by atoms with Crippen molar-refractivity contribution >= 4 is 23.5 Å². The molecular formula is C13H16N2O5. The molecule has 0 fully saturated rings. The molecule has 1 aromatic carbocycles. The quantitative estimate of drug-likeness (QED) is 0.780. The molecule has 0 bridgehead atoms. The molecule has 0 aromatic heterocycles. The Bertz CT molecular complexity index is 505. The second-order valence-electron chi connectivity index (χ2n) is 4.06. The predicted molar refractivity (Wildman–Crippen MR) is 71.4 cm³/mol. The second kappa shape index (κ2) is 6.67. The number of rotatable bonds is 4. The number of methoxy groups -OCH3 is 2. The van der Waals surface area contributed by atoms with Gasteiger partial charge in [-0.15, -0.1) is 0 Å². The predicted octanol–water partition coefficient (Wildman–Crippen LogP) is 0.545. The average molecular weight is 280 g/mol. The fourth-order valence-corrected chi connectivity index (χ4v) is 1.43. The van der Waals surface area contributed by atoms with E-state index in [2.05, 4.69) is 14.8 Å². The third-order valence-corrected chi connectivity index (χ3v) is 2.46. The van der Waals surface area contributed by atoms with E-state index in [1.165, 1.54) is 39.3 Å². The normalized spacial score (nSPS) is 11.4. The summed E-state index contributed by atoms with van der Waals surface area (Å²) in [5.74, 6) is -1.71. The number of ether oxygens (including phenoxy) is 2. The molecule has 1 rings (SSSR count). The maximum absolute atomic E-state index is 11.5. The number of esters is 2. The van der Waals surface area contributed by atoms with Gasteiger partial charge in [-0.25, -0.2) is 9.59 Å². The molecule has 3 N–H and O–H groups in total. The monoisotopic (exact) mass is 280 g/mol. The average Bonchev–Trinajstić information content (AvgIpc) is 2.44. The number of nitrogens with one attached hydrogen (secondary N) is 1. The van der Waals surface area contributed by atoms with Crippen molar-refractivity contribution in [3.05, 3.63) is 29.3 Å². The number of carbonyl (C=O) groups excluding carboxylic acids is 3. The van der Waals surface area contributed by atoms with E-state index < -0.39 is 23.9 Å². The highest BCUT2D eigenvalue weighted by Crippen LogP contribution is 2.17. The molecule has 0 saturated heterocycles. The molecule has 20 heavy (non-hydrogen) atoms. The number of amides is 1. The van der Waals surface area contributed by atoms with Crippen LogP contribution in [0.4, 0.5) is 5.69 Å². The standard InChI is InChI=1S/C13H16N2O5/c1-7(14)11(16)15-10-5-8(12(17)19-2)4-9(6-10)13(18)20-3/h4-7H,14H2,1-3H3,(H,15,16). The zero-order valence-electron chi connectivity index (χ0n) is 11.4. The number of hydrogen-bond donors (Lipinski definition) is 2. The lowest BCUT2D eigenvalue weighted by atomic mass is 10.1. The van der Waals surface area contributed by atoms with Crippen LogP contribution in [0.1, 0.15) is 27.6 Å². The van der Waals surface area contributed by atoms with Crippen molar-refractivity contribution < 1.29 is 23.9 Å². The van der Waals surface area contributed by atoms with E-state index in [0.717, 1.165) is 0 Å². The molecule has 0 saturated carbocycles. The number of hydrogen-bond acceptors (Lipinski definition) is 6. The highest BCUT2D eigenvalue weighted by atomic mass is 16.5. The molecule has 1 atom stereocenters. The SMILES string of the molecule is COC(=O)c1cc(NC(=O)C(C)N)cc(C(=O)OC)c1. The lowest BCUT2D eigenvalue weighted by molar-refractivity contribution is -0.117. The van der Waals surface area contributed by atoms with E-state index in [-0.39, 0.29) is 16.8 Å². The number of carbonyl (C=O) groups is 3. The Morgan fingerprint density at radius 2 is 1.50 bits per heavy atom. The van der Waals surface area contributed by atoms with Gasteiger partial charge >= 0.3 is 11.9 Å². The van der Waals surface area contributed by atoms with E-state index in [4.69, 9.17) is 5.73 Å². The fraction of sp³-hybridized carbons (Fsp3) is 0.308. The van der Waals surface area contributed by atoms with Gasteiger partial charge in [0.25, 0.3) is 0 Å². The molecule has 7 nitrogen and oxygen atoms in total. The Kier molecular flexibility index (Phi) is 5.22. The minimum absolute atomic E-state index is 0.121. The maximum Gasteiger partial charge on any atom is 0.337 e. The van der Waals surface area contributed by atoms with Crippen LogP contribution < -0.4 is 11.1 Å². The highest BCUT2D eigenvalue weighted by molar-refractivity contribution is 6.00. The van der Waals surface area contributed by atoms with Crippen LogP contribution in [0, 0.1) is 0 Å². The van der Waals surface area contributed by atoms with Gasteiger partial charge in [-0.2, -0.15) is 0 Å². The van der Waals surface area contributed by atoms with Crippen molar-refractivity contribution in [3.63, 3.8) is 0 Å². The summed E-state index contributed by atoms with van der Waals surface area (Å²) in [6, 6.07) is 3.37. The number of anilines is 1. The topological polar surface area (TPSA) is 108 Å². The van der Waals surface area contributed by atoms with Crippen molar-refractivity contribution in [3.8, 4) is 0 Å². The van der Waals surface area contributed by atoms with Crippen LogP contribution in [-0.4, -0.2) is 38.1 Å². The second-order valence-corrected chi connectivity index (χ2v) is 4.06. The number of benzene rings is 1. The summed E-state index contributed by atoms with van der Waals surface area (Å²) in [6.45, 7) is 1.51. The van der Waals surface area contributed by atoms with E-state index in [0.29, 0.717) is 0 Å². The Hall–Kier alpha value is -2.41. The van der Waals surface area contributed by atoms with Crippen LogP contribution >= 0.6 is 0 Å². The van der Waals surface area contributed by atoms with Gasteiger partial charge < -0.3 is 20.5 Å². The largest absolute Gasteiger partial charge is 0.465 e. The molecule has 0 aliphatic heterocycles. The van der Waals surface area contributed by atoms with Crippen LogP contribution in [0.15, 0.2) is 18.2 Å². The van der Waals surface area contributed by atoms with E-state index >= 15 is 0 Å². The van der Waals surface area contributed by atoms with Crippen molar-refractivity contribution in [2.75, 3.05) is 19.5 Å². The van der Waals surface area contributed by atoms with Gasteiger partial charge in [0.15, 0.2) is 0 Å². The summed E-state index contributed by atoms with van der Waals surface area (Å²) in [5.41, 5.74) is 5.94. The van der Waals surface area contributed by atoms with Gasteiger partial charge in [0.2, 0.25) is 5.91 Å². The van der Waals surface area contributed by atoms with Gasteiger partial charge in [0.1, 0.15) is 0 Å². The smallest absolute Gasteiger partial charge is 0.337 e. The summed E-state index contributed by atoms with van der Waals surface area (Å²) < 4.78 is 9.17. The zero-order chi connectivity index (χ0) is 15.3. The Labute approximate surface area is 116 Å². The maximum atomic E-state index is 11.5. The summed E-state index contributed by atoms with van der Waals surface area (Å²) in [5, 5.41) is 2.50. The summed E-state index contributed by atoms with van der Waals surface area (Å²) in [4.78, 5) is 34.6. The molecule has 0 spiro atoms. The minimum atomic E-state index is -0.724. The molecule has 0 aliphatic carbocycles. The van der Waals surface area contributed by atoms with Crippen LogP contribution in [0.25, 0.3) is 0 Å². The first-order chi connectivity index (χ1) is 9.38. The van der Waals surface area contributed by atoms with Gasteiger partial charge in [0, 0.05) is 5.69 Å². The van der Waals surface area contributed by atoms with Crippen molar-refractivity contribution in [2.24, 2.45) is 5.73 Å². The summed E-state index contributed by atoms with van der Waals surface area (Å²) in [7, 11) is 2.43. The van der Waals surface area contributed by atoms with Crippen molar-refractivity contribution in [1.29, 1.82) is 0 Å². The zero-order valence-corrected chi connectivity index (χ0v) is 11.4. The third kappa shape index (κ3) is 3.79. The molecule has 0 radical (unpaired) electrons. The van der Waals surface area contributed by atoms with Gasteiger partial charge in [-0.05, 0) is 25.1 Å². The summed E-state index contributed by atoms with van der Waals surface area (Å²) in [6.07, 6.45) is 0. The van der Waals surface area contributed by atoms with Crippen LogP contribution in [0.5, 0.6) is 0 Å². The first kappa shape index (κ1) is 15.6. The van der Waals surface area contributed by atoms with Crippen LogP contribution in [-0.2, 0) is 14.3 Å². The highest BCUT2D eigenvalue weighted by Gasteiger charge is 2.15. The Balaban J connectivity index is 3.19. The van der Waals surface area contributed by atoms with Crippen molar-refractivity contribution in [1.82, 2.24) is 0 Å². The molecular weight excluding hydrogens is 264 g/mol. The lowest BCUT2D eigenvalue weighted by Gasteiger charge is -2.10. The third-order valence-electron chi connectivity index (χ3n) is 2.46. The summed E-state index contributed by atoms with van der Waals surface area (Å²) >= 11 is 0. The number of nitrogens with two attached hydrogens (primary N) is 1. The fourth-order valence-electron chi connectivity index (χ4n) is 1.43. The van der Waals surface area contributed by atoms with Crippen molar-refractivity contribution in [2.45, 2.75) is 13.0 Å². The Morgan fingerprint density at radius 1 is 1.05 bits per heavy atom. The van der Waals surface area contributed by atoms with E-state index in [1.807, 2.05) is 0 Å². The molecule has 0 heterocycles. The van der Waals surface area contributed by atoms with Crippen LogP contribution in [0.2, 0.25) is 0 Å². The molecule has 1 aromatic rings. The molecule has 7 heteroatoms. The Morgan fingerprint density at radius 3 is 1.85 bits per heavy atom. The van der Waals surface area contributed by atoms with Gasteiger partial charge in [-0.3, -0.25) is 4.79 Å². The molecule has 0 aliphatic rings. The van der Waals surface area contributed by atoms with Gasteiger partial charge in [0.05, 0.1) is 31.4 Å². The molecule has 1 unspecified atom stereocenters. The minimum Gasteiger partial charge on any atom is -0.465 e. The van der Waals surface area contributed by atoms with Gasteiger partial charge in [-0.1, -0.05) is 0 Å². The van der Waals surface area contributed by atoms with Crippen LogP contribution in [0.3, 0.4) is 0 Å². The lowest BCUT2D eigenvalue weighted by Crippen LogP contribution is -2.32. The van der Waals surface area contributed by atoms with E-state index in [9.17, 15) is 14.4 Å².